The lowest BCUT2D eigenvalue weighted by Crippen LogP contribution is -2.07. The summed E-state index contributed by atoms with van der Waals surface area (Å²) in [5.74, 6) is 0.453. The van der Waals surface area contributed by atoms with Crippen LogP contribution in [0.2, 0.25) is 0 Å². The highest BCUT2D eigenvalue weighted by Crippen LogP contribution is 2.44. The van der Waals surface area contributed by atoms with E-state index in [0.29, 0.717) is 21.1 Å². The van der Waals surface area contributed by atoms with E-state index in [1.165, 1.54) is 17.7 Å². The number of aromatic nitrogens is 5. The molecule has 0 saturated heterocycles. The minimum absolute atomic E-state index is 0.00277. The molecule has 0 aliphatic carbocycles. The van der Waals surface area contributed by atoms with Gasteiger partial charge in [-0.3, -0.25) is 0 Å². The molecule has 29 heavy (non-hydrogen) atoms. The largest absolute Gasteiger partial charge is 0.417 e. The molecule has 0 radical (unpaired) electrons. The molecule has 10 heteroatoms. The van der Waals surface area contributed by atoms with Gasteiger partial charge in [-0.1, -0.05) is 6.07 Å². The monoisotopic (exact) mass is 431 g/mol. The first-order chi connectivity index (χ1) is 13.8. The Morgan fingerprint density at radius 1 is 1.10 bits per heavy atom. The van der Waals surface area contributed by atoms with E-state index in [0.717, 1.165) is 28.8 Å². The minimum Gasteiger partial charge on any atom is -0.236 e. The molecular weight excluding hydrogens is 419 g/mol. The van der Waals surface area contributed by atoms with Crippen molar-refractivity contribution in [3.63, 3.8) is 0 Å². The van der Waals surface area contributed by atoms with Crippen molar-refractivity contribution in [2.75, 3.05) is 0 Å². The number of rotatable bonds is 2. The molecule has 0 aliphatic heterocycles. The number of halogens is 3. The van der Waals surface area contributed by atoms with Gasteiger partial charge in [-0.15, -0.1) is 22.7 Å². The van der Waals surface area contributed by atoms with Crippen LogP contribution in [0.3, 0.4) is 0 Å². The standard InChI is InChI=1S/C19H12F3N5S2/c1-9-6-10(2)27(26-9)17-16-15(23-8-24-17)14-11(19(20,21)22)7-12(25-18(14)29-16)13-4-3-5-28-13/h3-8H,1-2H3. The smallest absolute Gasteiger partial charge is 0.236 e. The number of pyridine rings is 1. The highest BCUT2D eigenvalue weighted by molar-refractivity contribution is 7.25. The number of alkyl halides is 3. The van der Waals surface area contributed by atoms with Crippen molar-refractivity contribution < 1.29 is 13.2 Å². The number of hydrogen-bond donors (Lipinski definition) is 0. The van der Waals surface area contributed by atoms with Gasteiger partial charge in [-0.25, -0.2) is 19.6 Å². The van der Waals surface area contributed by atoms with Crippen LogP contribution in [0.5, 0.6) is 0 Å². The Bertz CT molecular complexity index is 1370. The van der Waals surface area contributed by atoms with E-state index in [1.807, 2.05) is 25.3 Å². The van der Waals surface area contributed by atoms with Crippen LogP contribution in [-0.2, 0) is 6.18 Å². The first-order valence-corrected chi connectivity index (χ1v) is 10.3. The second-order valence-corrected chi connectivity index (χ2v) is 8.47. The average Bonchev–Trinajstić information content (AvgIpc) is 3.38. The Morgan fingerprint density at radius 3 is 2.59 bits per heavy atom. The molecule has 0 aromatic carbocycles. The van der Waals surface area contributed by atoms with Crippen LogP contribution in [0.25, 0.3) is 36.8 Å². The average molecular weight is 431 g/mol. The fraction of sp³-hybridized carbons (Fsp3) is 0.158. The summed E-state index contributed by atoms with van der Waals surface area (Å²) in [5, 5.41) is 6.24. The molecule has 0 spiro atoms. The molecule has 0 unspecified atom stereocenters. The summed E-state index contributed by atoms with van der Waals surface area (Å²) in [6.45, 7) is 3.72. The SMILES string of the molecule is Cc1cc(C)n(-c2ncnc3c2sc2nc(-c4cccs4)cc(C(F)(F)F)c23)n1. The van der Waals surface area contributed by atoms with Gasteiger partial charge in [0.1, 0.15) is 15.9 Å². The Balaban J connectivity index is 1.88. The topological polar surface area (TPSA) is 56.5 Å². The van der Waals surface area contributed by atoms with E-state index < -0.39 is 11.7 Å². The summed E-state index contributed by atoms with van der Waals surface area (Å²) >= 11 is 2.50. The highest BCUT2D eigenvalue weighted by Gasteiger charge is 2.36. The fourth-order valence-corrected chi connectivity index (χ4v) is 5.14. The Hall–Kier alpha value is -2.85. The lowest BCUT2D eigenvalue weighted by Gasteiger charge is -2.10. The van der Waals surface area contributed by atoms with Crippen LogP contribution >= 0.6 is 22.7 Å². The fourth-order valence-electron chi connectivity index (χ4n) is 3.33. The van der Waals surface area contributed by atoms with Gasteiger partial charge in [-0.05, 0) is 37.4 Å². The molecule has 0 saturated carbocycles. The zero-order chi connectivity index (χ0) is 20.3. The van der Waals surface area contributed by atoms with Crippen LogP contribution < -0.4 is 0 Å². The number of hydrogen-bond acceptors (Lipinski definition) is 6. The van der Waals surface area contributed by atoms with Crippen LogP contribution in [0.1, 0.15) is 17.0 Å². The van der Waals surface area contributed by atoms with E-state index in [2.05, 4.69) is 20.1 Å². The van der Waals surface area contributed by atoms with E-state index in [4.69, 9.17) is 0 Å². The van der Waals surface area contributed by atoms with E-state index in [-0.39, 0.29) is 15.7 Å². The van der Waals surface area contributed by atoms with Crippen molar-refractivity contribution in [2.24, 2.45) is 0 Å². The molecule has 5 rings (SSSR count). The molecule has 146 valence electrons. The van der Waals surface area contributed by atoms with Gasteiger partial charge in [0.2, 0.25) is 0 Å². The molecule has 5 nitrogen and oxygen atoms in total. The first-order valence-electron chi connectivity index (χ1n) is 8.56. The van der Waals surface area contributed by atoms with Gasteiger partial charge in [0.15, 0.2) is 5.82 Å². The molecule has 0 aliphatic rings. The lowest BCUT2D eigenvalue weighted by molar-refractivity contribution is -0.136. The number of thiophene rings is 2. The predicted molar refractivity (Wildman–Crippen MR) is 108 cm³/mol. The normalized spacial score (nSPS) is 12.3. The molecule has 5 heterocycles. The zero-order valence-corrected chi connectivity index (χ0v) is 16.8. The van der Waals surface area contributed by atoms with E-state index in [1.54, 1.807) is 16.8 Å². The number of aryl methyl sites for hydroxylation is 2. The summed E-state index contributed by atoms with van der Waals surface area (Å²) in [5.41, 5.74) is 1.43. The molecule has 0 atom stereocenters. The molecular formula is C19H12F3N5S2. The third-order valence-corrected chi connectivity index (χ3v) is 6.46. The maximum absolute atomic E-state index is 14.0. The van der Waals surface area contributed by atoms with E-state index >= 15 is 0 Å². The number of nitrogens with zero attached hydrogens (tertiary/aromatic N) is 5. The molecule has 0 fully saturated rings. The van der Waals surface area contributed by atoms with Crippen molar-refractivity contribution in [1.29, 1.82) is 0 Å². The van der Waals surface area contributed by atoms with Crippen LogP contribution in [0.4, 0.5) is 13.2 Å². The quantitative estimate of drug-likeness (QED) is 0.355. The first kappa shape index (κ1) is 18.2. The molecule has 5 aromatic heterocycles. The third kappa shape index (κ3) is 2.90. The van der Waals surface area contributed by atoms with Crippen molar-refractivity contribution in [3.05, 3.63) is 52.9 Å². The van der Waals surface area contributed by atoms with Gasteiger partial charge in [-0.2, -0.15) is 18.3 Å². The maximum atomic E-state index is 14.0. The third-order valence-electron chi connectivity index (χ3n) is 4.50. The van der Waals surface area contributed by atoms with Gasteiger partial charge in [0, 0.05) is 5.69 Å². The minimum atomic E-state index is -4.54. The molecule has 0 N–H and O–H groups in total. The Morgan fingerprint density at radius 2 is 1.93 bits per heavy atom. The van der Waals surface area contributed by atoms with Crippen LogP contribution in [-0.4, -0.2) is 24.7 Å². The second-order valence-electron chi connectivity index (χ2n) is 6.53. The Labute approximate surface area is 170 Å². The second kappa shape index (κ2) is 6.33. The summed E-state index contributed by atoms with van der Waals surface area (Å²) in [4.78, 5) is 14.0. The van der Waals surface area contributed by atoms with Crippen molar-refractivity contribution >= 4 is 43.1 Å². The van der Waals surface area contributed by atoms with Crippen LogP contribution in [0.15, 0.2) is 36.0 Å². The van der Waals surface area contributed by atoms with Crippen molar-refractivity contribution in [1.82, 2.24) is 24.7 Å². The van der Waals surface area contributed by atoms with E-state index in [9.17, 15) is 13.2 Å². The van der Waals surface area contributed by atoms with Crippen molar-refractivity contribution in [3.8, 4) is 16.4 Å². The molecule has 0 amide bonds. The molecule has 5 aromatic rings. The van der Waals surface area contributed by atoms with Crippen LogP contribution in [0, 0.1) is 13.8 Å². The van der Waals surface area contributed by atoms with Crippen molar-refractivity contribution in [2.45, 2.75) is 20.0 Å². The maximum Gasteiger partial charge on any atom is 0.417 e. The zero-order valence-electron chi connectivity index (χ0n) is 15.2. The van der Waals surface area contributed by atoms with Gasteiger partial charge in [0.05, 0.1) is 32.7 Å². The lowest BCUT2D eigenvalue weighted by atomic mass is 10.1. The Kier molecular flexibility index (Phi) is 3.97. The number of fused-ring (bicyclic) bond motifs is 3. The van der Waals surface area contributed by atoms with Gasteiger partial charge < -0.3 is 0 Å². The van der Waals surface area contributed by atoms with Gasteiger partial charge >= 0.3 is 6.18 Å². The summed E-state index contributed by atoms with van der Waals surface area (Å²) < 4.78 is 44.0. The molecule has 0 bridgehead atoms. The summed E-state index contributed by atoms with van der Waals surface area (Å²) in [7, 11) is 0. The van der Waals surface area contributed by atoms with Gasteiger partial charge in [0.25, 0.3) is 0 Å². The summed E-state index contributed by atoms with van der Waals surface area (Å²) in [6.07, 6.45) is -3.27. The highest BCUT2D eigenvalue weighted by atomic mass is 32.1. The summed E-state index contributed by atoms with van der Waals surface area (Å²) in [6, 6.07) is 6.53. The predicted octanol–water partition coefficient (Wildman–Crippen LogP) is 5.79.